The standard InChI is InChI=1S/C23H31N3O2/c1-2-24-23(26-20-10-12-21(27)13-11-20)25-16-18-8-14-22(15-9-18)28-17-19-6-4-3-5-7-19/h3-9,14-15,20-21,27H,2,10-13,16-17H2,1H3,(H2,24,25,26). The van der Waals surface area contributed by atoms with Crippen molar-refractivity contribution < 1.29 is 9.84 Å². The van der Waals surface area contributed by atoms with E-state index in [4.69, 9.17) is 9.73 Å². The first kappa shape index (κ1) is 20.2. The van der Waals surface area contributed by atoms with Gasteiger partial charge in [0, 0.05) is 12.6 Å². The maximum absolute atomic E-state index is 9.66. The summed E-state index contributed by atoms with van der Waals surface area (Å²) in [6.45, 7) is 4.08. The Labute approximate surface area is 167 Å². The Morgan fingerprint density at radius 3 is 2.39 bits per heavy atom. The summed E-state index contributed by atoms with van der Waals surface area (Å²) in [5.74, 6) is 1.70. The van der Waals surface area contributed by atoms with Gasteiger partial charge in [-0.1, -0.05) is 42.5 Å². The minimum absolute atomic E-state index is 0.139. The molecule has 3 N–H and O–H groups in total. The van der Waals surface area contributed by atoms with Crippen LogP contribution in [0.4, 0.5) is 0 Å². The highest BCUT2D eigenvalue weighted by molar-refractivity contribution is 5.80. The van der Waals surface area contributed by atoms with Gasteiger partial charge in [0.2, 0.25) is 0 Å². The predicted molar refractivity (Wildman–Crippen MR) is 113 cm³/mol. The minimum atomic E-state index is -0.139. The smallest absolute Gasteiger partial charge is 0.191 e. The summed E-state index contributed by atoms with van der Waals surface area (Å²) < 4.78 is 5.84. The SMILES string of the molecule is CCNC(=NCc1ccc(OCc2ccccc2)cc1)NC1CCC(O)CC1. The monoisotopic (exact) mass is 381 g/mol. The molecule has 1 aliphatic rings. The molecule has 0 aliphatic heterocycles. The van der Waals surface area contributed by atoms with Gasteiger partial charge in [0.05, 0.1) is 12.6 Å². The second kappa shape index (κ2) is 10.7. The largest absolute Gasteiger partial charge is 0.489 e. The van der Waals surface area contributed by atoms with Crippen LogP contribution < -0.4 is 15.4 Å². The number of rotatable bonds is 7. The lowest BCUT2D eigenvalue weighted by Crippen LogP contribution is -2.45. The Kier molecular flexibility index (Phi) is 7.73. The molecule has 0 radical (unpaired) electrons. The highest BCUT2D eigenvalue weighted by atomic mass is 16.5. The van der Waals surface area contributed by atoms with Crippen LogP contribution in [0.3, 0.4) is 0 Å². The molecule has 0 saturated heterocycles. The molecule has 28 heavy (non-hydrogen) atoms. The molecule has 1 aliphatic carbocycles. The van der Waals surface area contributed by atoms with E-state index in [9.17, 15) is 5.11 Å². The van der Waals surface area contributed by atoms with Crippen molar-refractivity contribution in [2.24, 2.45) is 4.99 Å². The number of guanidine groups is 1. The number of aliphatic imine (C=N–C) groups is 1. The lowest BCUT2D eigenvalue weighted by atomic mass is 9.93. The lowest BCUT2D eigenvalue weighted by molar-refractivity contribution is 0.120. The minimum Gasteiger partial charge on any atom is -0.489 e. The fraction of sp³-hybridized carbons (Fsp3) is 0.435. The van der Waals surface area contributed by atoms with Crippen LogP contribution in [0.2, 0.25) is 0 Å². The van der Waals surface area contributed by atoms with Crippen LogP contribution in [0.1, 0.15) is 43.7 Å². The maximum Gasteiger partial charge on any atom is 0.191 e. The van der Waals surface area contributed by atoms with Crippen LogP contribution in [-0.4, -0.2) is 29.8 Å². The highest BCUT2D eigenvalue weighted by Gasteiger charge is 2.19. The van der Waals surface area contributed by atoms with Gasteiger partial charge in [-0.15, -0.1) is 0 Å². The van der Waals surface area contributed by atoms with Crippen LogP contribution >= 0.6 is 0 Å². The molecule has 0 aromatic heterocycles. The lowest BCUT2D eigenvalue weighted by Gasteiger charge is -2.27. The Morgan fingerprint density at radius 1 is 1.00 bits per heavy atom. The second-order valence-electron chi connectivity index (χ2n) is 7.26. The second-order valence-corrected chi connectivity index (χ2v) is 7.26. The summed E-state index contributed by atoms with van der Waals surface area (Å²) in [5.41, 5.74) is 2.30. The molecule has 0 atom stereocenters. The van der Waals surface area contributed by atoms with E-state index in [0.29, 0.717) is 19.2 Å². The Bertz CT molecular complexity index is 723. The molecule has 0 heterocycles. The molecule has 5 heteroatoms. The van der Waals surface area contributed by atoms with Crippen LogP contribution in [0.25, 0.3) is 0 Å². The zero-order valence-corrected chi connectivity index (χ0v) is 16.6. The van der Waals surface area contributed by atoms with Crippen molar-refractivity contribution in [1.29, 1.82) is 0 Å². The summed E-state index contributed by atoms with van der Waals surface area (Å²) in [7, 11) is 0. The van der Waals surface area contributed by atoms with E-state index in [-0.39, 0.29) is 6.10 Å². The molecule has 2 aromatic rings. The third-order valence-electron chi connectivity index (χ3n) is 4.97. The molecule has 150 valence electrons. The van der Waals surface area contributed by atoms with Crippen molar-refractivity contribution in [3.63, 3.8) is 0 Å². The molecule has 0 spiro atoms. The quantitative estimate of drug-likeness (QED) is 0.506. The number of hydrogen-bond donors (Lipinski definition) is 3. The number of nitrogens with one attached hydrogen (secondary N) is 2. The Morgan fingerprint density at radius 2 is 1.71 bits per heavy atom. The van der Waals surface area contributed by atoms with Gasteiger partial charge in [0.1, 0.15) is 12.4 Å². The fourth-order valence-corrected chi connectivity index (χ4v) is 3.34. The summed E-state index contributed by atoms with van der Waals surface area (Å²) >= 11 is 0. The van der Waals surface area contributed by atoms with E-state index in [2.05, 4.69) is 41.8 Å². The Balaban J connectivity index is 1.50. The van der Waals surface area contributed by atoms with Gasteiger partial charge in [-0.05, 0) is 55.9 Å². The van der Waals surface area contributed by atoms with E-state index in [1.807, 2.05) is 30.3 Å². The third kappa shape index (κ3) is 6.57. The number of aliphatic hydroxyl groups is 1. The van der Waals surface area contributed by atoms with E-state index < -0.39 is 0 Å². The zero-order valence-electron chi connectivity index (χ0n) is 16.6. The van der Waals surface area contributed by atoms with Gasteiger partial charge in [0.25, 0.3) is 0 Å². The van der Waals surface area contributed by atoms with Gasteiger partial charge in [0.15, 0.2) is 5.96 Å². The molecule has 3 rings (SSSR count). The number of benzene rings is 2. The van der Waals surface area contributed by atoms with Crippen molar-refractivity contribution in [3.8, 4) is 5.75 Å². The predicted octanol–water partition coefficient (Wildman–Crippen LogP) is 3.62. The van der Waals surface area contributed by atoms with Crippen LogP contribution in [-0.2, 0) is 13.2 Å². The average Bonchev–Trinajstić information content (AvgIpc) is 2.74. The van der Waals surface area contributed by atoms with E-state index in [0.717, 1.165) is 55.1 Å². The first-order valence-electron chi connectivity index (χ1n) is 10.2. The molecule has 2 aromatic carbocycles. The number of hydrogen-bond acceptors (Lipinski definition) is 3. The van der Waals surface area contributed by atoms with E-state index in [1.54, 1.807) is 0 Å². The van der Waals surface area contributed by atoms with Crippen molar-refractivity contribution in [3.05, 3.63) is 65.7 Å². The summed E-state index contributed by atoms with van der Waals surface area (Å²) in [4.78, 5) is 4.71. The molecular formula is C23H31N3O2. The molecule has 1 saturated carbocycles. The fourth-order valence-electron chi connectivity index (χ4n) is 3.34. The van der Waals surface area contributed by atoms with Crippen molar-refractivity contribution in [2.75, 3.05) is 6.54 Å². The molecular weight excluding hydrogens is 350 g/mol. The number of nitrogens with zero attached hydrogens (tertiary/aromatic N) is 1. The molecule has 5 nitrogen and oxygen atoms in total. The van der Waals surface area contributed by atoms with Crippen LogP contribution in [0.15, 0.2) is 59.6 Å². The zero-order chi connectivity index (χ0) is 19.6. The third-order valence-corrected chi connectivity index (χ3v) is 4.97. The maximum atomic E-state index is 9.66. The highest BCUT2D eigenvalue weighted by Crippen LogP contribution is 2.18. The van der Waals surface area contributed by atoms with Gasteiger partial charge in [-0.3, -0.25) is 0 Å². The van der Waals surface area contributed by atoms with Gasteiger partial charge in [-0.25, -0.2) is 4.99 Å². The molecule has 0 amide bonds. The molecule has 0 unspecified atom stereocenters. The normalized spacial score (nSPS) is 19.9. The van der Waals surface area contributed by atoms with Gasteiger partial charge < -0.3 is 20.5 Å². The summed E-state index contributed by atoms with van der Waals surface area (Å²) in [5, 5.41) is 16.5. The summed E-state index contributed by atoms with van der Waals surface area (Å²) in [6.07, 6.45) is 3.56. The van der Waals surface area contributed by atoms with E-state index in [1.165, 1.54) is 0 Å². The Hall–Kier alpha value is -2.53. The van der Waals surface area contributed by atoms with Gasteiger partial charge in [-0.2, -0.15) is 0 Å². The topological polar surface area (TPSA) is 65.9 Å². The van der Waals surface area contributed by atoms with Crippen molar-refractivity contribution >= 4 is 5.96 Å². The first-order chi connectivity index (χ1) is 13.7. The van der Waals surface area contributed by atoms with Crippen LogP contribution in [0, 0.1) is 0 Å². The van der Waals surface area contributed by atoms with Crippen molar-refractivity contribution in [1.82, 2.24) is 10.6 Å². The molecule has 1 fully saturated rings. The van der Waals surface area contributed by atoms with Gasteiger partial charge >= 0.3 is 0 Å². The van der Waals surface area contributed by atoms with E-state index >= 15 is 0 Å². The first-order valence-corrected chi connectivity index (χ1v) is 10.2. The number of aliphatic hydroxyl groups excluding tert-OH is 1. The summed E-state index contributed by atoms with van der Waals surface area (Å²) in [6, 6.07) is 18.7. The van der Waals surface area contributed by atoms with Crippen LogP contribution in [0.5, 0.6) is 5.75 Å². The average molecular weight is 382 g/mol. The number of ether oxygens (including phenoxy) is 1. The molecule has 0 bridgehead atoms. The van der Waals surface area contributed by atoms with Crippen molar-refractivity contribution in [2.45, 2.75) is 57.9 Å².